The third-order valence-electron chi connectivity index (χ3n) is 6.98. The summed E-state index contributed by atoms with van der Waals surface area (Å²) in [6.07, 6.45) is 2.07. The Hall–Kier alpha value is -3.77. The van der Waals surface area contributed by atoms with Crippen LogP contribution in [0.25, 0.3) is 0 Å². The Labute approximate surface area is 244 Å². The van der Waals surface area contributed by atoms with Crippen molar-refractivity contribution >= 4 is 33.0 Å². The molecule has 5 rings (SSSR count). The number of aromatic hydroxyl groups is 1. The summed E-state index contributed by atoms with van der Waals surface area (Å²) in [4.78, 5) is 12.9. The lowest BCUT2D eigenvalue weighted by Gasteiger charge is -2.22. The first kappa shape index (κ1) is 28.7. The number of amides is 1. The number of sulfone groups is 1. The van der Waals surface area contributed by atoms with Crippen LogP contribution in [-0.4, -0.2) is 42.8 Å². The standard InChI is InChI=1S/C29H32ClN5O5S/c1-18-27(30)28-33-32-26(35(28)34-18)5-3-4-20-6-8-21(9-7-20)31-29(37)19(2)40-23-12-16-25(17-13-23)41(38,39)24-14-10-22(36)11-15-24/h6-19,26,32-34,36H,3-5H2,1-2H3,(H,31,37). The summed E-state index contributed by atoms with van der Waals surface area (Å²) in [5.74, 6) is 0.910. The van der Waals surface area contributed by atoms with Gasteiger partial charge in [-0.1, -0.05) is 23.7 Å². The Morgan fingerprint density at radius 1 is 1.05 bits per heavy atom. The van der Waals surface area contributed by atoms with E-state index in [1.165, 1.54) is 48.5 Å². The number of ether oxygens (including phenoxy) is 1. The zero-order valence-corrected chi connectivity index (χ0v) is 24.2. The van der Waals surface area contributed by atoms with Crippen molar-refractivity contribution in [2.75, 3.05) is 5.32 Å². The van der Waals surface area contributed by atoms with Gasteiger partial charge >= 0.3 is 0 Å². The second-order valence-corrected chi connectivity index (χ2v) is 12.4. The van der Waals surface area contributed by atoms with Crippen LogP contribution >= 0.6 is 11.6 Å². The number of nitrogens with zero attached hydrogens (tertiary/aromatic N) is 1. The number of phenolic OH excluding ortho intramolecular Hbond substituents is 1. The number of hydrogen-bond donors (Lipinski definition) is 5. The number of carbonyl (C=O) groups excluding carboxylic acids is 1. The van der Waals surface area contributed by atoms with E-state index in [9.17, 15) is 18.3 Å². The normalized spacial score (nSPS) is 19.0. The minimum absolute atomic E-state index is 0.0150. The predicted octanol–water partition coefficient (Wildman–Crippen LogP) is 4.00. The van der Waals surface area contributed by atoms with Gasteiger partial charge in [0.25, 0.3) is 5.91 Å². The zero-order chi connectivity index (χ0) is 29.1. The predicted molar refractivity (Wildman–Crippen MR) is 155 cm³/mol. The van der Waals surface area contributed by atoms with Crippen molar-refractivity contribution in [2.45, 2.75) is 61.2 Å². The molecule has 3 atom stereocenters. The van der Waals surface area contributed by atoms with Crippen LogP contribution in [0, 0.1) is 0 Å². The fraction of sp³-hybridized carbons (Fsp3) is 0.276. The number of fused-ring (bicyclic) bond motifs is 1. The van der Waals surface area contributed by atoms with Gasteiger partial charge in [0.05, 0.1) is 20.9 Å². The average molecular weight is 598 g/mol. The Morgan fingerprint density at radius 2 is 1.68 bits per heavy atom. The number of halogens is 1. The van der Waals surface area contributed by atoms with Crippen LogP contribution in [0.15, 0.2) is 93.4 Å². The molecule has 2 heterocycles. The number of phenols is 1. The number of aryl methyl sites for hydroxylation is 1. The van der Waals surface area contributed by atoms with Gasteiger partial charge in [-0.15, -0.1) is 0 Å². The van der Waals surface area contributed by atoms with Gasteiger partial charge in [0.15, 0.2) is 6.10 Å². The molecule has 0 bridgehead atoms. The van der Waals surface area contributed by atoms with Crippen molar-refractivity contribution in [3.63, 3.8) is 0 Å². The van der Waals surface area contributed by atoms with E-state index in [0.717, 1.165) is 35.7 Å². The highest BCUT2D eigenvalue weighted by Crippen LogP contribution is 2.28. The van der Waals surface area contributed by atoms with E-state index in [4.69, 9.17) is 16.3 Å². The fourth-order valence-electron chi connectivity index (χ4n) is 4.65. The molecule has 0 aromatic heterocycles. The van der Waals surface area contributed by atoms with Crippen LogP contribution in [0.2, 0.25) is 0 Å². The number of carbonyl (C=O) groups is 1. The molecule has 10 nitrogen and oxygen atoms in total. The Morgan fingerprint density at radius 3 is 2.34 bits per heavy atom. The SMILES string of the molecule is CC1NN2C(=C1Cl)NNC2CCCc1ccc(NC(=O)C(C)Oc2ccc(S(=O)(=O)c3ccc(O)cc3)cc2)cc1. The first-order chi connectivity index (χ1) is 19.6. The van der Waals surface area contributed by atoms with Crippen molar-refractivity contribution in [3.05, 3.63) is 89.2 Å². The summed E-state index contributed by atoms with van der Waals surface area (Å²) in [5, 5.41) is 15.1. The number of hydrogen-bond acceptors (Lipinski definition) is 9. The van der Waals surface area contributed by atoms with Crippen LogP contribution in [0.4, 0.5) is 5.69 Å². The van der Waals surface area contributed by atoms with Gasteiger partial charge in [-0.3, -0.25) is 9.80 Å². The third kappa shape index (κ3) is 6.43. The number of hydrazine groups is 2. The van der Waals surface area contributed by atoms with E-state index in [-0.39, 0.29) is 33.7 Å². The van der Waals surface area contributed by atoms with E-state index < -0.39 is 15.9 Å². The topological polar surface area (TPSA) is 132 Å². The van der Waals surface area contributed by atoms with Crippen molar-refractivity contribution in [1.29, 1.82) is 0 Å². The summed E-state index contributed by atoms with van der Waals surface area (Å²) >= 11 is 6.32. The lowest BCUT2D eigenvalue weighted by Crippen LogP contribution is -2.44. The number of rotatable bonds is 10. The highest BCUT2D eigenvalue weighted by atomic mass is 35.5. The molecule has 216 valence electrons. The summed E-state index contributed by atoms with van der Waals surface area (Å²) in [7, 11) is -3.74. The Bertz CT molecular complexity index is 1530. The third-order valence-corrected chi connectivity index (χ3v) is 9.27. The molecule has 41 heavy (non-hydrogen) atoms. The molecule has 2 aliphatic heterocycles. The lowest BCUT2D eigenvalue weighted by molar-refractivity contribution is -0.122. The van der Waals surface area contributed by atoms with Gasteiger partial charge in [-0.2, -0.15) is 0 Å². The van der Waals surface area contributed by atoms with Gasteiger partial charge < -0.3 is 20.6 Å². The van der Waals surface area contributed by atoms with Crippen molar-refractivity contribution in [3.8, 4) is 11.5 Å². The highest BCUT2D eigenvalue weighted by molar-refractivity contribution is 7.91. The molecule has 0 radical (unpaired) electrons. The largest absolute Gasteiger partial charge is 0.508 e. The van der Waals surface area contributed by atoms with Gasteiger partial charge in [-0.05, 0) is 99.3 Å². The first-order valence-electron chi connectivity index (χ1n) is 13.3. The maximum Gasteiger partial charge on any atom is 0.265 e. The fourth-order valence-corrected chi connectivity index (χ4v) is 6.10. The van der Waals surface area contributed by atoms with Crippen molar-refractivity contribution < 1.29 is 23.1 Å². The molecular weight excluding hydrogens is 566 g/mol. The lowest BCUT2D eigenvalue weighted by atomic mass is 10.1. The van der Waals surface area contributed by atoms with Crippen LogP contribution in [-0.2, 0) is 21.1 Å². The van der Waals surface area contributed by atoms with E-state index in [1.54, 1.807) is 6.92 Å². The quantitative estimate of drug-likeness (QED) is 0.235. The molecule has 12 heteroatoms. The van der Waals surface area contributed by atoms with Gasteiger partial charge in [0.1, 0.15) is 23.5 Å². The van der Waals surface area contributed by atoms with Crippen LogP contribution < -0.4 is 26.3 Å². The monoisotopic (exact) mass is 597 g/mol. The maximum atomic E-state index is 12.8. The van der Waals surface area contributed by atoms with Gasteiger partial charge in [0, 0.05) is 5.69 Å². The van der Waals surface area contributed by atoms with Crippen LogP contribution in [0.1, 0.15) is 32.3 Å². The summed E-state index contributed by atoms with van der Waals surface area (Å²) in [5.41, 5.74) is 11.6. The Balaban J connectivity index is 1.09. The molecule has 5 N–H and O–H groups in total. The summed E-state index contributed by atoms with van der Waals surface area (Å²) in [6.45, 7) is 3.65. The minimum Gasteiger partial charge on any atom is -0.508 e. The van der Waals surface area contributed by atoms with Crippen LogP contribution in [0.5, 0.6) is 11.5 Å². The smallest absolute Gasteiger partial charge is 0.265 e. The number of nitrogens with one attached hydrogen (secondary N) is 4. The number of anilines is 1. The molecule has 3 unspecified atom stereocenters. The summed E-state index contributed by atoms with van der Waals surface area (Å²) in [6, 6.07) is 19.0. The van der Waals surface area contributed by atoms with E-state index in [2.05, 4.69) is 21.6 Å². The highest BCUT2D eigenvalue weighted by Gasteiger charge is 2.36. The maximum absolute atomic E-state index is 12.8. The average Bonchev–Trinajstić information content (AvgIpc) is 3.48. The Kier molecular flexibility index (Phi) is 8.41. The minimum atomic E-state index is -3.74. The van der Waals surface area contributed by atoms with E-state index in [1.807, 2.05) is 36.2 Å². The number of benzene rings is 3. The van der Waals surface area contributed by atoms with Crippen LogP contribution in [0.3, 0.4) is 0 Å². The first-order valence-corrected chi connectivity index (χ1v) is 15.1. The molecule has 0 saturated carbocycles. The van der Waals surface area contributed by atoms with Crippen molar-refractivity contribution in [2.24, 2.45) is 0 Å². The molecule has 1 amide bonds. The molecule has 0 aliphatic carbocycles. The van der Waals surface area contributed by atoms with Crippen molar-refractivity contribution in [1.82, 2.24) is 21.3 Å². The van der Waals surface area contributed by atoms with Gasteiger partial charge in [-0.25, -0.2) is 19.3 Å². The molecule has 2 aliphatic rings. The second kappa shape index (κ2) is 12.0. The van der Waals surface area contributed by atoms with E-state index in [0.29, 0.717) is 11.4 Å². The molecule has 1 fully saturated rings. The molecular formula is C29H32ClN5O5S. The molecule has 1 saturated heterocycles. The van der Waals surface area contributed by atoms with Gasteiger partial charge in [0.2, 0.25) is 9.84 Å². The summed E-state index contributed by atoms with van der Waals surface area (Å²) < 4.78 is 31.3. The molecule has 0 spiro atoms. The zero-order valence-electron chi connectivity index (χ0n) is 22.6. The molecule has 3 aromatic rings. The van der Waals surface area contributed by atoms with E-state index >= 15 is 0 Å². The molecule has 3 aromatic carbocycles. The second-order valence-electron chi connectivity index (χ2n) is 10.0.